The summed E-state index contributed by atoms with van der Waals surface area (Å²) < 4.78 is 0. The van der Waals surface area contributed by atoms with E-state index in [1.165, 1.54) is 12.1 Å². The van der Waals surface area contributed by atoms with Crippen molar-refractivity contribution < 1.29 is 40.9 Å². The number of benzene rings is 4. The van der Waals surface area contributed by atoms with Gasteiger partial charge in [0.25, 0.3) is 0 Å². The zero-order chi connectivity index (χ0) is 38.3. The third-order valence-electron chi connectivity index (χ3n) is 11.5. The molecule has 0 heterocycles. The predicted octanol–water partition coefficient (Wildman–Crippen LogP) is 7.94. The van der Waals surface area contributed by atoms with Gasteiger partial charge in [0, 0.05) is 93.4 Å². The molecule has 8 N–H and O–H groups in total. The molecule has 0 radical (unpaired) electrons. The minimum absolute atomic E-state index is 0.123. The van der Waals surface area contributed by atoms with E-state index in [-0.39, 0.29) is 59.1 Å². The van der Waals surface area contributed by atoms with Gasteiger partial charge in [-0.3, -0.25) is 9.80 Å². The van der Waals surface area contributed by atoms with E-state index < -0.39 is 23.7 Å². The fourth-order valence-corrected chi connectivity index (χ4v) is 7.77. The van der Waals surface area contributed by atoms with Crippen molar-refractivity contribution in [3.63, 3.8) is 0 Å². The number of fused-ring (bicyclic) bond motifs is 8. The van der Waals surface area contributed by atoms with Gasteiger partial charge < -0.3 is 40.9 Å². The average Bonchev–Trinajstić information content (AvgIpc) is 3.11. The molecule has 4 aromatic carbocycles. The van der Waals surface area contributed by atoms with E-state index in [1.807, 2.05) is 55.4 Å². The van der Waals surface area contributed by atoms with E-state index in [0.29, 0.717) is 81.8 Å². The molecule has 0 unspecified atom stereocenters. The van der Waals surface area contributed by atoms with Crippen molar-refractivity contribution >= 4 is 0 Å². The Morgan fingerprint density at radius 1 is 0.365 bits per heavy atom. The van der Waals surface area contributed by atoms with Crippen molar-refractivity contribution in [1.82, 2.24) is 9.80 Å². The standard InChI is InChI=1S/C42H54N2O8/c1-9-43(10-2)19-33-39(49)29-15-30(40(33)50)22(6)26-14-28(38(48)18-36(26)46)24(8)32-16-31(41(51)34(42(32)52)20-44(11-3)12-4)23(7)27-13-25(21(29)5)35(45)17-37(27)47/h13-18,21-24,45-52H,9-12,19-20H2,1-8H3/t21-,22-,23+,24+. The average molecular weight is 715 g/mol. The van der Waals surface area contributed by atoms with E-state index in [2.05, 4.69) is 9.80 Å². The molecular formula is C42H54N2O8. The highest BCUT2D eigenvalue weighted by Gasteiger charge is 2.32. The SMILES string of the molecule is CCN(CC)Cc1c(O)c2cc(c1O)[C@H](C)c1cc(c(O)cc1O)[C@H](C)c1cc(c(O)c(CN(CC)CC)c1O)[C@@H](C)c1cc(c(O)cc1O)[C@H]2C. The highest BCUT2D eigenvalue weighted by Crippen LogP contribution is 2.51. The summed E-state index contributed by atoms with van der Waals surface area (Å²) in [4.78, 5) is 4.11. The largest absolute Gasteiger partial charge is 0.508 e. The second kappa shape index (κ2) is 15.0. The van der Waals surface area contributed by atoms with Crippen LogP contribution < -0.4 is 0 Å². The van der Waals surface area contributed by atoms with Gasteiger partial charge in [-0.1, -0.05) is 55.4 Å². The molecule has 5 rings (SSSR count). The number of hydrogen-bond donors (Lipinski definition) is 8. The van der Waals surface area contributed by atoms with Crippen LogP contribution in [0.4, 0.5) is 0 Å². The Hall–Kier alpha value is -4.80. The van der Waals surface area contributed by atoms with Crippen molar-refractivity contribution in [2.75, 3.05) is 26.2 Å². The lowest BCUT2D eigenvalue weighted by atomic mass is 9.79. The number of hydrogen-bond acceptors (Lipinski definition) is 10. The van der Waals surface area contributed by atoms with Gasteiger partial charge in [-0.05, 0) is 50.4 Å². The van der Waals surface area contributed by atoms with Gasteiger partial charge in [0.1, 0.15) is 46.0 Å². The molecule has 4 aromatic rings. The van der Waals surface area contributed by atoms with Crippen LogP contribution in [0.15, 0.2) is 36.4 Å². The first kappa shape index (κ1) is 38.4. The molecular weight excluding hydrogens is 660 g/mol. The first-order chi connectivity index (χ1) is 24.6. The topological polar surface area (TPSA) is 168 Å². The van der Waals surface area contributed by atoms with E-state index in [4.69, 9.17) is 0 Å². The summed E-state index contributed by atoms with van der Waals surface area (Å²) in [6.07, 6.45) is 0. The van der Waals surface area contributed by atoms with Gasteiger partial charge in [0.05, 0.1) is 11.1 Å². The maximum atomic E-state index is 11.8. The van der Waals surface area contributed by atoms with Crippen molar-refractivity contribution in [2.45, 2.75) is 92.2 Å². The zero-order valence-electron chi connectivity index (χ0n) is 31.5. The molecule has 280 valence electrons. The Bertz CT molecular complexity index is 1720. The van der Waals surface area contributed by atoms with Crippen LogP contribution >= 0.6 is 0 Å². The Kier molecular flexibility index (Phi) is 11.1. The Morgan fingerprint density at radius 2 is 0.577 bits per heavy atom. The summed E-state index contributed by atoms with van der Waals surface area (Å²) in [5, 5.41) is 92.5. The zero-order valence-corrected chi connectivity index (χ0v) is 31.5. The van der Waals surface area contributed by atoms with Crippen LogP contribution in [-0.4, -0.2) is 76.8 Å². The summed E-state index contributed by atoms with van der Waals surface area (Å²) in [7, 11) is 0. The van der Waals surface area contributed by atoms with Gasteiger partial charge >= 0.3 is 0 Å². The number of aromatic hydroxyl groups is 8. The second-order valence-electron chi connectivity index (χ2n) is 14.2. The molecule has 0 saturated carbocycles. The Morgan fingerprint density at radius 3 is 0.788 bits per heavy atom. The molecule has 0 aromatic heterocycles. The summed E-state index contributed by atoms with van der Waals surface area (Å²) in [5.41, 5.74) is 3.95. The van der Waals surface area contributed by atoms with Crippen LogP contribution in [0.25, 0.3) is 0 Å². The minimum atomic E-state index is -0.646. The molecule has 0 fully saturated rings. The fraction of sp³-hybridized carbons (Fsp3) is 0.429. The number of nitrogens with zero attached hydrogens (tertiary/aromatic N) is 2. The molecule has 0 amide bonds. The molecule has 1 aliphatic rings. The maximum absolute atomic E-state index is 11.8. The molecule has 4 atom stereocenters. The van der Waals surface area contributed by atoms with Gasteiger partial charge in [0.2, 0.25) is 0 Å². The van der Waals surface area contributed by atoms with Crippen LogP contribution in [0, 0.1) is 0 Å². The van der Waals surface area contributed by atoms with Crippen molar-refractivity contribution in [2.24, 2.45) is 0 Å². The van der Waals surface area contributed by atoms with Crippen molar-refractivity contribution in [3.05, 3.63) is 92.0 Å². The van der Waals surface area contributed by atoms with Crippen LogP contribution in [0.2, 0.25) is 0 Å². The van der Waals surface area contributed by atoms with Gasteiger partial charge in [-0.2, -0.15) is 0 Å². The van der Waals surface area contributed by atoms with Crippen LogP contribution in [-0.2, 0) is 13.1 Å². The summed E-state index contributed by atoms with van der Waals surface area (Å²) >= 11 is 0. The van der Waals surface area contributed by atoms with Gasteiger partial charge in [-0.15, -0.1) is 0 Å². The molecule has 10 nitrogen and oxygen atoms in total. The van der Waals surface area contributed by atoms with Gasteiger partial charge in [0.15, 0.2) is 0 Å². The number of phenolic OH excluding ortho intramolecular Hbond substituents is 8. The fourth-order valence-electron chi connectivity index (χ4n) is 7.77. The molecule has 52 heavy (non-hydrogen) atoms. The summed E-state index contributed by atoms with van der Waals surface area (Å²) in [6, 6.07) is 9.23. The number of phenols is 8. The lowest BCUT2D eigenvalue weighted by molar-refractivity contribution is 0.284. The third kappa shape index (κ3) is 6.65. The third-order valence-corrected chi connectivity index (χ3v) is 11.5. The Labute approximate surface area is 306 Å². The van der Waals surface area contributed by atoms with E-state index in [9.17, 15) is 40.9 Å². The normalized spacial score (nSPS) is 18.7. The molecule has 0 saturated heterocycles. The quantitative estimate of drug-likeness (QED) is 0.0897. The second-order valence-corrected chi connectivity index (χ2v) is 14.2. The highest BCUT2D eigenvalue weighted by atomic mass is 16.3. The smallest absolute Gasteiger partial charge is 0.127 e. The monoisotopic (exact) mass is 714 g/mol. The summed E-state index contributed by atoms with van der Waals surface area (Å²) in [5.74, 6) is -3.85. The molecule has 1 aliphatic carbocycles. The molecule has 10 heteroatoms. The number of rotatable bonds is 8. The lowest BCUT2D eigenvalue weighted by Crippen LogP contribution is -2.23. The van der Waals surface area contributed by atoms with Gasteiger partial charge in [-0.25, -0.2) is 0 Å². The Balaban J connectivity index is 1.91. The van der Waals surface area contributed by atoms with Crippen LogP contribution in [0.1, 0.15) is 135 Å². The van der Waals surface area contributed by atoms with Crippen LogP contribution in [0.5, 0.6) is 46.0 Å². The van der Waals surface area contributed by atoms with E-state index in [1.54, 1.807) is 24.3 Å². The first-order valence-electron chi connectivity index (χ1n) is 18.3. The molecule has 8 bridgehead atoms. The van der Waals surface area contributed by atoms with Crippen molar-refractivity contribution in [1.29, 1.82) is 0 Å². The minimum Gasteiger partial charge on any atom is -0.508 e. The highest BCUT2D eigenvalue weighted by molar-refractivity contribution is 5.64. The molecule has 0 spiro atoms. The lowest BCUT2D eigenvalue weighted by Gasteiger charge is -2.29. The molecule has 0 aliphatic heterocycles. The maximum Gasteiger partial charge on any atom is 0.127 e. The predicted molar refractivity (Wildman–Crippen MR) is 202 cm³/mol. The summed E-state index contributed by atoms with van der Waals surface area (Å²) in [6.45, 7) is 18.4. The van der Waals surface area contributed by atoms with Crippen LogP contribution in [0.3, 0.4) is 0 Å². The first-order valence-corrected chi connectivity index (χ1v) is 18.3. The van der Waals surface area contributed by atoms with E-state index in [0.717, 1.165) is 0 Å². The van der Waals surface area contributed by atoms with E-state index >= 15 is 0 Å². The van der Waals surface area contributed by atoms with Crippen molar-refractivity contribution in [3.8, 4) is 46.0 Å².